The Kier molecular flexibility index (Phi) is 8.03. The lowest BCUT2D eigenvalue weighted by molar-refractivity contribution is -0.114. The number of rotatable bonds is 8. The van der Waals surface area contributed by atoms with Crippen LogP contribution in [0.15, 0.2) is 48.5 Å². The Hall–Kier alpha value is -2.14. The van der Waals surface area contributed by atoms with Gasteiger partial charge in [-0.05, 0) is 64.9 Å². The maximum Gasteiger partial charge on any atom is 0.253 e. The van der Waals surface area contributed by atoms with Crippen molar-refractivity contribution in [3.8, 4) is 0 Å². The van der Waals surface area contributed by atoms with Gasteiger partial charge in [0.1, 0.15) is 6.54 Å². The predicted molar refractivity (Wildman–Crippen MR) is 124 cm³/mol. The van der Waals surface area contributed by atoms with E-state index in [1.54, 1.807) is 48.5 Å². The summed E-state index contributed by atoms with van der Waals surface area (Å²) in [5.41, 5.74) is 1.04. The number of carbonyl (C=O) groups excluding carboxylic acids is 2. The number of anilines is 2. The van der Waals surface area contributed by atoms with E-state index in [0.717, 1.165) is 14.1 Å². The van der Waals surface area contributed by atoms with Crippen LogP contribution in [-0.4, -0.2) is 39.6 Å². The van der Waals surface area contributed by atoms with Gasteiger partial charge in [-0.15, -0.1) is 0 Å². The first kappa shape index (κ1) is 23.1. The fraction of sp³-hybridized carbons (Fsp3) is 0.300. The molecule has 2 amide bonds. The van der Waals surface area contributed by atoms with Crippen LogP contribution in [0.3, 0.4) is 0 Å². The molecule has 0 fully saturated rings. The lowest BCUT2D eigenvalue weighted by Crippen LogP contribution is -2.37. The summed E-state index contributed by atoms with van der Waals surface area (Å²) in [4.78, 5) is 25.0. The number of nitrogens with zero attached hydrogens (tertiary/aromatic N) is 1. The number of benzene rings is 2. The molecule has 9 heteroatoms. The number of nitrogens with one attached hydrogen (secondary N) is 2. The molecule has 0 bridgehead atoms. The molecular formula is C20H24IN3O4S. The molecule has 2 rings (SSSR count). The highest BCUT2D eigenvalue weighted by Crippen LogP contribution is 2.20. The molecule has 2 aromatic carbocycles. The Balaban J connectivity index is 2.19. The van der Waals surface area contributed by atoms with E-state index in [1.807, 2.05) is 13.8 Å². The van der Waals surface area contributed by atoms with E-state index in [9.17, 15) is 18.0 Å². The second kappa shape index (κ2) is 10.1. The van der Waals surface area contributed by atoms with Crippen molar-refractivity contribution in [1.29, 1.82) is 0 Å². The van der Waals surface area contributed by atoms with Gasteiger partial charge in [-0.1, -0.05) is 26.0 Å². The van der Waals surface area contributed by atoms with Crippen LogP contribution in [0.25, 0.3) is 0 Å². The van der Waals surface area contributed by atoms with Crippen LogP contribution in [0.5, 0.6) is 0 Å². The summed E-state index contributed by atoms with van der Waals surface area (Å²) in [7, 11) is -3.67. The normalized spacial score (nSPS) is 11.2. The smallest absolute Gasteiger partial charge is 0.253 e. The van der Waals surface area contributed by atoms with Gasteiger partial charge in [0, 0.05) is 10.1 Å². The largest absolute Gasteiger partial charge is 0.352 e. The summed E-state index contributed by atoms with van der Waals surface area (Å²) in [6.45, 7) is 4.08. The molecule has 0 aliphatic rings. The van der Waals surface area contributed by atoms with Crippen molar-refractivity contribution in [1.82, 2.24) is 5.32 Å². The SMILES string of the molecule is CC(C)CNC(=O)c1ccccc1NC(=O)CN(c1ccc(I)cc1)S(C)(=O)=O. The highest BCUT2D eigenvalue weighted by atomic mass is 127. The van der Waals surface area contributed by atoms with Crippen molar-refractivity contribution in [2.75, 3.05) is 29.0 Å². The Labute approximate surface area is 185 Å². The first-order chi connectivity index (χ1) is 13.6. The molecule has 0 heterocycles. The fourth-order valence-electron chi connectivity index (χ4n) is 2.51. The molecule has 29 heavy (non-hydrogen) atoms. The van der Waals surface area contributed by atoms with E-state index in [0.29, 0.717) is 23.5 Å². The summed E-state index contributed by atoms with van der Waals surface area (Å²) in [5, 5.41) is 5.47. The van der Waals surface area contributed by atoms with Crippen LogP contribution in [0.1, 0.15) is 24.2 Å². The lowest BCUT2D eigenvalue weighted by atomic mass is 10.1. The maximum atomic E-state index is 12.6. The van der Waals surface area contributed by atoms with Gasteiger partial charge in [-0.25, -0.2) is 8.42 Å². The standard InChI is InChI=1S/C20H24IN3O4S/c1-14(2)12-22-20(26)17-6-4-5-7-18(17)23-19(25)13-24(29(3,27)28)16-10-8-15(21)9-11-16/h4-11,14H,12-13H2,1-3H3,(H,22,26)(H,23,25). The molecule has 0 saturated heterocycles. The van der Waals surface area contributed by atoms with Crippen molar-refractivity contribution in [3.63, 3.8) is 0 Å². The second-order valence-corrected chi connectivity index (χ2v) is 10.1. The van der Waals surface area contributed by atoms with Gasteiger partial charge in [0.05, 0.1) is 23.2 Å². The van der Waals surface area contributed by atoms with Crippen LogP contribution >= 0.6 is 22.6 Å². The summed E-state index contributed by atoms with van der Waals surface area (Å²) in [6.07, 6.45) is 1.05. The average Bonchev–Trinajstić information content (AvgIpc) is 2.64. The Morgan fingerprint density at radius 2 is 1.69 bits per heavy atom. The second-order valence-electron chi connectivity index (χ2n) is 6.94. The lowest BCUT2D eigenvalue weighted by Gasteiger charge is -2.22. The Bertz CT molecular complexity index is 975. The van der Waals surface area contributed by atoms with Crippen LogP contribution < -0.4 is 14.9 Å². The van der Waals surface area contributed by atoms with Crippen LogP contribution in [0.2, 0.25) is 0 Å². The Morgan fingerprint density at radius 3 is 2.28 bits per heavy atom. The molecule has 0 spiro atoms. The molecular weight excluding hydrogens is 505 g/mol. The van der Waals surface area contributed by atoms with E-state index in [1.165, 1.54) is 0 Å². The summed E-state index contributed by atoms with van der Waals surface area (Å²) < 4.78 is 26.4. The minimum absolute atomic E-state index is 0.290. The fourth-order valence-corrected chi connectivity index (χ4v) is 3.73. The van der Waals surface area contributed by atoms with Crippen molar-refractivity contribution >= 4 is 55.8 Å². The van der Waals surface area contributed by atoms with Crippen molar-refractivity contribution in [3.05, 3.63) is 57.7 Å². The molecule has 0 unspecified atom stereocenters. The molecule has 0 saturated carbocycles. The number of amides is 2. The summed E-state index contributed by atoms with van der Waals surface area (Å²) >= 11 is 2.12. The average molecular weight is 529 g/mol. The topological polar surface area (TPSA) is 95.6 Å². The minimum atomic E-state index is -3.67. The number of hydrogen-bond donors (Lipinski definition) is 2. The molecule has 0 radical (unpaired) electrons. The van der Waals surface area contributed by atoms with E-state index in [-0.39, 0.29) is 11.8 Å². The summed E-state index contributed by atoms with van der Waals surface area (Å²) in [6, 6.07) is 13.4. The number of para-hydroxylation sites is 1. The molecule has 7 nitrogen and oxygen atoms in total. The zero-order valence-corrected chi connectivity index (χ0v) is 19.5. The predicted octanol–water partition coefficient (Wildman–Crippen LogP) is 3.08. The quantitative estimate of drug-likeness (QED) is 0.514. The van der Waals surface area contributed by atoms with Gasteiger partial charge in [0.2, 0.25) is 15.9 Å². The third kappa shape index (κ3) is 7.00. The number of carbonyl (C=O) groups is 2. The molecule has 0 aliphatic carbocycles. The van der Waals surface area contributed by atoms with Gasteiger partial charge in [0.15, 0.2) is 0 Å². The first-order valence-corrected chi connectivity index (χ1v) is 11.9. The van der Waals surface area contributed by atoms with Gasteiger partial charge in [-0.3, -0.25) is 13.9 Å². The number of hydrogen-bond acceptors (Lipinski definition) is 4. The zero-order chi connectivity index (χ0) is 21.6. The van der Waals surface area contributed by atoms with E-state index < -0.39 is 22.5 Å². The molecule has 0 aromatic heterocycles. The van der Waals surface area contributed by atoms with Gasteiger partial charge in [0.25, 0.3) is 5.91 Å². The molecule has 2 N–H and O–H groups in total. The van der Waals surface area contributed by atoms with Gasteiger partial charge in [-0.2, -0.15) is 0 Å². The van der Waals surface area contributed by atoms with Gasteiger partial charge < -0.3 is 10.6 Å². The highest BCUT2D eigenvalue weighted by Gasteiger charge is 2.22. The number of sulfonamides is 1. The van der Waals surface area contributed by atoms with E-state index >= 15 is 0 Å². The van der Waals surface area contributed by atoms with Crippen molar-refractivity contribution in [2.45, 2.75) is 13.8 Å². The third-order valence-electron chi connectivity index (χ3n) is 3.92. The monoisotopic (exact) mass is 529 g/mol. The minimum Gasteiger partial charge on any atom is -0.352 e. The maximum absolute atomic E-state index is 12.6. The Morgan fingerprint density at radius 1 is 1.07 bits per heavy atom. The van der Waals surface area contributed by atoms with Crippen LogP contribution in [0, 0.1) is 9.49 Å². The first-order valence-electron chi connectivity index (χ1n) is 8.98. The van der Waals surface area contributed by atoms with Crippen molar-refractivity contribution in [2.24, 2.45) is 5.92 Å². The third-order valence-corrected chi connectivity index (χ3v) is 5.78. The van der Waals surface area contributed by atoms with Crippen molar-refractivity contribution < 1.29 is 18.0 Å². The van der Waals surface area contributed by atoms with Crippen LogP contribution in [-0.2, 0) is 14.8 Å². The molecule has 2 aromatic rings. The van der Waals surface area contributed by atoms with E-state index in [2.05, 4.69) is 33.2 Å². The molecule has 156 valence electrons. The highest BCUT2D eigenvalue weighted by molar-refractivity contribution is 14.1. The van der Waals surface area contributed by atoms with E-state index in [4.69, 9.17) is 0 Å². The van der Waals surface area contributed by atoms with Gasteiger partial charge >= 0.3 is 0 Å². The molecule has 0 atom stereocenters. The number of halogens is 1. The summed E-state index contributed by atoms with van der Waals surface area (Å²) in [5.74, 6) is -0.553. The van der Waals surface area contributed by atoms with Crippen LogP contribution in [0.4, 0.5) is 11.4 Å². The zero-order valence-electron chi connectivity index (χ0n) is 16.5. The molecule has 0 aliphatic heterocycles.